The predicted molar refractivity (Wildman–Crippen MR) is 141 cm³/mol. The van der Waals surface area contributed by atoms with E-state index < -0.39 is 0 Å². The van der Waals surface area contributed by atoms with E-state index in [0.717, 1.165) is 23.0 Å². The Hall–Kier alpha value is -3.92. The Bertz CT molecular complexity index is 1380. The summed E-state index contributed by atoms with van der Waals surface area (Å²) in [6.45, 7) is 2.17. The summed E-state index contributed by atoms with van der Waals surface area (Å²) >= 11 is 0. The molecule has 4 aromatic carbocycles. The zero-order chi connectivity index (χ0) is 24.8. The lowest BCUT2D eigenvalue weighted by Gasteiger charge is -2.36. The predicted octanol–water partition coefficient (Wildman–Crippen LogP) is 6.90. The average Bonchev–Trinajstić information content (AvgIpc) is 3.13. The van der Waals surface area contributed by atoms with Gasteiger partial charge in [-0.2, -0.15) is 0 Å². The Morgan fingerprint density at radius 1 is 0.528 bits per heavy atom. The first-order valence-corrected chi connectivity index (χ1v) is 12.4. The molecule has 0 aromatic heterocycles. The first-order chi connectivity index (χ1) is 17.7. The normalized spacial score (nSPS) is 19.8. The highest BCUT2D eigenvalue weighted by Crippen LogP contribution is 2.58. The minimum atomic E-state index is -0.152. The molecule has 7 rings (SSSR count). The minimum absolute atomic E-state index is 0.0412. The van der Waals surface area contributed by atoms with Crippen LogP contribution in [-0.4, -0.2) is 27.4 Å². The van der Waals surface area contributed by atoms with Crippen LogP contribution < -0.4 is 18.9 Å². The van der Waals surface area contributed by atoms with Gasteiger partial charge in [0.15, 0.2) is 23.0 Å². The van der Waals surface area contributed by atoms with Crippen LogP contribution in [-0.2, 0) is 0 Å². The van der Waals surface area contributed by atoms with Crippen LogP contribution in [0.25, 0.3) is 0 Å². The summed E-state index contributed by atoms with van der Waals surface area (Å²) in [6, 6.07) is 29.9. The third-order valence-corrected chi connectivity index (χ3v) is 7.79. The van der Waals surface area contributed by atoms with Crippen LogP contribution in [0.4, 0.5) is 0 Å². The summed E-state index contributed by atoms with van der Waals surface area (Å²) < 4.78 is 23.9. The van der Waals surface area contributed by atoms with Gasteiger partial charge in [-0.1, -0.05) is 60.7 Å². The highest BCUT2D eigenvalue weighted by Gasteiger charge is 2.46. The monoisotopic (exact) mass is 478 g/mol. The molecule has 3 aliphatic carbocycles. The van der Waals surface area contributed by atoms with Crippen molar-refractivity contribution < 1.29 is 18.9 Å². The van der Waals surface area contributed by atoms with E-state index in [4.69, 9.17) is 18.9 Å². The number of methoxy groups -OCH3 is 3. The molecule has 0 heterocycles. The van der Waals surface area contributed by atoms with Gasteiger partial charge in [-0.25, -0.2) is 0 Å². The lowest BCUT2D eigenvalue weighted by Crippen LogP contribution is -2.29. The van der Waals surface area contributed by atoms with Crippen molar-refractivity contribution in [2.24, 2.45) is 0 Å². The number of hydrogen-bond donors (Lipinski definition) is 0. The highest BCUT2D eigenvalue weighted by atomic mass is 16.5. The SMILES string of the molecule is COc1cc2c(cc1OC)[C@@H]([C@H](C)Oc1ccccc1OC)C1c3ccccc3C2c2ccccc21. The molecule has 0 radical (unpaired) electrons. The minimum Gasteiger partial charge on any atom is -0.493 e. The lowest BCUT2D eigenvalue weighted by molar-refractivity contribution is 0.172. The van der Waals surface area contributed by atoms with Crippen LogP contribution in [0.1, 0.15) is 58.1 Å². The van der Waals surface area contributed by atoms with Crippen molar-refractivity contribution >= 4 is 0 Å². The van der Waals surface area contributed by atoms with Crippen LogP contribution in [0.5, 0.6) is 23.0 Å². The number of ether oxygens (including phenoxy) is 4. The highest BCUT2D eigenvalue weighted by molar-refractivity contribution is 5.66. The van der Waals surface area contributed by atoms with Crippen LogP contribution >= 0.6 is 0 Å². The van der Waals surface area contributed by atoms with Gasteiger partial charge in [0.05, 0.1) is 21.3 Å². The maximum Gasteiger partial charge on any atom is 0.161 e. The molecule has 0 saturated carbocycles. The molecule has 4 heteroatoms. The molecule has 0 fully saturated rings. The molecular weight excluding hydrogens is 448 g/mol. The molecule has 2 bridgehead atoms. The largest absolute Gasteiger partial charge is 0.493 e. The Kier molecular flexibility index (Phi) is 5.60. The molecular formula is C32H30O4. The van der Waals surface area contributed by atoms with Gasteiger partial charge in [-0.05, 0) is 64.6 Å². The summed E-state index contributed by atoms with van der Waals surface area (Å²) in [4.78, 5) is 0. The maximum absolute atomic E-state index is 6.70. The zero-order valence-corrected chi connectivity index (χ0v) is 21.0. The summed E-state index contributed by atoms with van der Waals surface area (Å²) in [5.41, 5.74) is 7.89. The Morgan fingerprint density at radius 2 is 1.00 bits per heavy atom. The molecule has 3 aliphatic rings. The van der Waals surface area contributed by atoms with Crippen LogP contribution in [0.3, 0.4) is 0 Å². The van der Waals surface area contributed by atoms with Gasteiger partial charge in [0.25, 0.3) is 0 Å². The fraction of sp³-hybridized carbons (Fsp3) is 0.250. The van der Waals surface area contributed by atoms with Crippen molar-refractivity contribution in [2.75, 3.05) is 21.3 Å². The first-order valence-electron chi connectivity index (χ1n) is 12.4. The molecule has 0 amide bonds. The van der Waals surface area contributed by atoms with E-state index in [1.807, 2.05) is 24.3 Å². The van der Waals surface area contributed by atoms with Crippen molar-refractivity contribution in [3.05, 3.63) is 118 Å². The standard InChI is InChI=1S/C32H30O4/c1-19(36-27-16-10-9-15-26(27)33-2)30-24-17-28(34-3)29(35-4)18-25(24)31-20-11-5-7-13-22(20)32(30)23-14-8-6-12-21(23)31/h5-19,30-32H,1-4H3/t19-,30+,31?,32?/m0/s1. The van der Waals surface area contributed by atoms with Crippen molar-refractivity contribution in [3.63, 3.8) is 0 Å². The Morgan fingerprint density at radius 3 is 1.56 bits per heavy atom. The van der Waals surface area contributed by atoms with Gasteiger partial charge in [-0.15, -0.1) is 0 Å². The third kappa shape index (κ3) is 3.35. The summed E-state index contributed by atoms with van der Waals surface area (Å²) in [6.07, 6.45) is -0.152. The van der Waals surface area contributed by atoms with Gasteiger partial charge < -0.3 is 18.9 Å². The van der Waals surface area contributed by atoms with Crippen molar-refractivity contribution in [1.29, 1.82) is 0 Å². The van der Waals surface area contributed by atoms with Crippen LogP contribution in [0.15, 0.2) is 84.9 Å². The van der Waals surface area contributed by atoms with Gasteiger partial charge >= 0.3 is 0 Å². The maximum atomic E-state index is 6.70. The number of para-hydroxylation sites is 2. The fourth-order valence-corrected chi connectivity index (χ4v) is 6.31. The third-order valence-electron chi connectivity index (χ3n) is 7.79. The molecule has 182 valence electrons. The van der Waals surface area contributed by atoms with Crippen LogP contribution in [0, 0.1) is 0 Å². The van der Waals surface area contributed by atoms with Crippen LogP contribution in [0.2, 0.25) is 0 Å². The van der Waals surface area contributed by atoms with Gasteiger partial charge in [0.1, 0.15) is 6.10 Å². The van der Waals surface area contributed by atoms with E-state index >= 15 is 0 Å². The molecule has 0 N–H and O–H groups in total. The molecule has 0 aliphatic heterocycles. The fourth-order valence-electron chi connectivity index (χ4n) is 6.31. The number of hydrogen-bond acceptors (Lipinski definition) is 4. The van der Waals surface area contributed by atoms with Gasteiger partial charge in [0, 0.05) is 17.8 Å². The van der Waals surface area contributed by atoms with E-state index in [9.17, 15) is 0 Å². The quantitative estimate of drug-likeness (QED) is 0.302. The summed E-state index contributed by atoms with van der Waals surface area (Å²) in [5, 5.41) is 0. The second-order valence-electron chi connectivity index (χ2n) is 9.50. The van der Waals surface area contributed by atoms with Gasteiger partial charge in [0.2, 0.25) is 0 Å². The van der Waals surface area contributed by atoms with Crippen molar-refractivity contribution in [3.8, 4) is 23.0 Å². The van der Waals surface area contributed by atoms with E-state index in [1.165, 1.54) is 33.4 Å². The molecule has 4 nitrogen and oxygen atoms in total. The molecule has 2 atom stereocenters. The summed E-state index contributed by atoms with van der Waals surface area (Å²) in [5.74, 6) is 3.25. The second kappa shape index (κ2) is 8.94. The second-order valence-corrected chi connectivity index (χ2v) is 9.50. The van der Waals surface area contributed by atoms with E-state index in [-0.39, 0.29) is 23.9 Å². The lowest BCUT2D eigenvalue weighted by atomic mass is 9.69. The molecule has 0 saturated heterocycles. The van der Waals surface area contributed by atoms with E-state index in [2.05, 4.69) is 67.6 Å². The average molecular weight is 479 g/mol. The molecule has 0 spiro atoms. The molecule has 36 heavy (non-hydrogen) atoms. The zero-order valence-electron chi connectivity index (χ0n) is 21.0. The van der Waals surface area contributed by atoms with E-state index in [1.54, 1.807) is 21.3 Å². The van der Waals surface area contributed by atoms with Crippen molar-refractivity contribution in [1.82, 2.24) is 0 Å². The molecule has 0 unspecified atom stereocenters. The Labute approximate surface area is 212 Å². The Balaban J connectivity index is 1.62. The first kappa shape index (κ1) is 22.5. The smallest absolute Gasteiger partial charge is 0.161 e. The summed E-state index contributed by atoms with van der Waals surface area (Å²) in [7, 11) is 5.08. The topological polar surface area (TPSA) is 36.9 Å². The number of rotatable bonds is 6. The van der Waals surface area contributed by atoms with Crippen molar-refractivity contribution in [2.45, 2.75) is 30.8 Å². The number of benzene rings is 4. The van der Waals surface area contributed by atoms with E-state index in [0.29, 0.717) is 0 Å². The van der Waals surface area contributed by atoms with Gasteiger partial charge in [-0.3, -0.25) is 0 Å². The molecule has 4 aromatic rings.